The van der Waals surface area contributed by atoms with Crippen molar-refractivity contribution in [2.24, 2.45) is 0 Å². The van der Waals surface area contributed by atoms with Crippen molar-refractivity contribution in [3.8, 4) is 0 Å². The van der Waals surface area contributed by atoms with Gasteiger partial charge in [0.1, 0.15) is 0 Å². The topological polar surface area (TPSA) is 73.5 Å². The summed E-state index contributed by atoms with van der Waals surface area (Å²) >= 11 is 0. The highest BCUT2D eigenvalue weighted by Crippen LogP contribution is 2.22. The van der Waals surface area contributed by atoms with E-state index in [1.54, 1.807) is 0 Å². The number of anilines is 2. The molecular weight excluding hydrogens is 388 g/mol. The highest BCUT2D eigenvalue weighted by atomic mass is 16.2. The Morgan fingerprint density at radius 2 is 1.39 bits per heavy atom. The number of likely N-dealkylation sites (tertiary alicyclic amines) is 1. The molecule has 2 aromatic carbocycles. The van der Waals surface area contributed by atoms with Crippen molar-refractivity contribution in [1.29, 1.82) is 0 Å². The lowest BCUT2D eigenvalue weighted by molar-refractivity contribution is -0.117. The van der Waals surface area contributed by atoms with Crippen molar-refractivity contribution in [3.05, 3.63) is 58.1 Å². The van der Waals surface area contributed by atoms with Gasteiger partial charge in [0.05, 0.1) is 6.54 Å². The predicted molar refractivity (Wildman–Crippen MR) is 127 cm³/mol. The number of aryl methyl sites for hydroxylation is 5. The number of amides is 3. The largest absolute Gasteiger partial charge is 0.335 e. The highest BCUT2D eigenvalue weighted by Gasteiger charge is 2.22. The van der Waals surface area contributed by atoms with Gasteiger partial charge in [-0.25, -0.2) is 4.79 Å². The molecule has 3 rings (SSSR count). The maximum absolute atomic E-state index is 12.6. The second-order valence-electron chi connectivity index (χ2n) is 8.85. The normalized spacial score (nSPS) is 14.9. The first-order chi connectivity index (χ1) is 14.7. The smallest absolute Gasteiger partial charge is 0.319 e. The van der Waals surface area contributed by atoms with E-state index in [-0.39, 0.29) is 18.0 Å². The van der Waals surface area contributed by atoms with E-state index in [0.29, 0.717) is 6.54 Å². The highest BCUT2D eigenvalue weighted by molar-refractivity contribution is 5.94. The Morgan fingerprint density at radius 3 is 1.97 bits per heavy atom. The zero-order valence-corrected chi connectivity index (χ0v) is 19.3. The summed E-state index contributed by atoms with van der Waals surface area (Å²) in [5.41, 5.74) is 7.34. The molecule has 1 heterocycles. The van der Waals surface area contributed by atoms with Gasteiger partial charge < -0.3 is 16.0 Å². The molecule has 1 fully saturated rings. The molecule has 0 radical (unpaired) electrons. The third kappa shape index (κ3) is 6.56. The number of piperidine rings is 1. The average Bonchev–Trinajstić information content (AvgIpc) is 2.65. The number of benzene rings is 2. The fraction of sp³-hybridized carbons (Fsp3) is 0.440. The van der Waals surface area contributed by atoms with Gasteiger partial charge in [0, 0.05) is 30.5 Å². The molecule has 0 saturated carbocycles. The standard InChI is InChI=1S/C25H34N4O2/c1-16-10-17(2)14-22(13-16)27-25(31)26-21-6-8-29(9-7-21)15-23(30)28-24-19(4)11-18(3)12-20(24)5/h10-14,21H,6-9,15H2,1-5H3,(H,28,30)(H2,26,27,31). The Morgan fingerprint density at radius 1 is 0.839 bits per heavy atom. The Balaban J connectivity index is 1.44. The number of nitrogens with zero attached hydrogens (tertiary/aromatic N) is 1. The van der Waals surface area contributed by atoms with E-state index in [1.165, 1.54) is 5.56 Å². The van der Waals surface area contributed by atoms with Crippen LogP contribution < -0.4 is 16.0 Å². The first-order valence-corrected chi connectivity index (χ1v) is 11.0. The van der Waals surface area contributed by atoms with Crippen LogP contribution in [0.4, 0.5) is 16.2 Å². The minimum absolute atomic E-state index is 0.00835. The molecule has 0 bridgehead atoms. The van der Waals surface area contributed by atoms with Crippen LogP contribution >= 0.6 is 0 Å². The Bertz CT molecular complexity index is 919. The van der Waals surface area contributed by atoms with Gasteiger partial charge >= 0.3 is 6.03 Å². The van der Waals surface area contributed by atoms with Gasteiger partial charge in [-0.15, -0.1) is 0 Å². The van der Waals surface area contributed by atoms with Crippen LogP contribution in [0.3, 0.4) is 0 Å². The Labute approximate surface area is 185 Å². The van der Waals surface area contributed by atoms with Gasteiger partial charge in [-0.1, -0.05) is 23.8 Å². The van der Waals surface area contributed by atoms with E-state index < -0.39 is 0 Å². The molecule has 0 unspecified atom stereocenters. The molecule has 1 aliphatic rings. The zero-order valence-electron chi connectivity index (χ0n) is 19.3. The van der Waals surface area contributed by atoms with Crippen molar-refractivity contribution in [1.82, 2.24) is 10.2 Å². The first kappa shape index (κ1) is 22.8. The fourth-order valence-corrected chi connectivity index (χ4v) is 4.39. The minimum atomic E-state index is -0.175. The SMILES string of the molecule is Cc1cc(C)cc(NC(=O)NC2CCN(CC(=O)Nc3c(C)cc(C)cc3C)CC2)c1. The third-order valence-corrected chi connectivity index (χ3v) is 5.71. The summed E-state index contributed by atoms with van der Waals surface area (Å²) in [6.07, 6.45) is 1.66. The summed E-state index contributed by atoms with van der Waals surface area (Å²) in [6.45, 7) is 12.1. The fourth-order valence-electron chi connectivity index (χ4n) is 4.39. The van der Waals surface area contributed by atoms with E-state index >= 15 is 0 Å². The van der Waals surface area contributed by atoms with Crippen LogP contribution in [0.2, 0.25) is 0 Å². The number of carbonyl (C=O) groups excluding carboxylic acids is 2. The third-order valence-electron chi connectivity index (χ3n) is 5.71. The summed E-state index contributed by atoms with van der Waals surface area (Å²) in [7, 11) is 0. The van der Waals surface area contributed by atoms with Crippen molar-refractivity contribution in [3.63, 3.8) is 0 Å². The second-order valence-corrected chi connectivity index (χ2v) is 8.85. The van der Waals surface area contributed by atoms with Gasteiger partial charge in [0.15, 0.2) is 0 Å². The molecule has 6 nitrogen and oxygen atoms in total. The molecule has 0 aliphatic carbocycles. The summed E-state index contributed by atoms with van der Waals surface area (Å²) in [5.74, 6) is 0.00835. The van der Waals surface area contributed by atoms with Gasteiger partial charge in [-0.3, -0.25) is 9.69 Å². The Kier molecular flexibility index (Phi) is 7.33. The van der Waals surface area contributed by atoms with E-state index in [9.17, 15) is 9.59 Å². The minimum Gasteiger partial charge on any atom is -0.335 e. The van der Waals surface area contributed by atoms with Crippen LogP contribution in [0, 0.1) is 34.6 Å². The monoisotopic (exact) mass is 422 g/mol. The molecule has 0 aromatic heterocycles. The van der Waals surface area contributed by atoms with Gasteiger partial charge in [-0.2, -0.15) is 0 Å². The van der Waals surface area contributed by atoms with Crippen molar-refractivity contribution in [2.45, 2.75) is 53.5 Å². The van der Waals surface area contributed by atoms with Gasteiger partial charge in [0.2, 0.25) is 5.91 Å². The Hall–Kier alpha value is -2.86. The summed E-state index contributed by atoms with van der Waals surface area (Å²) in [4.78, 5) is 27.1. The van der Waals surface area contributed by atoms with Crippen LogP contribution in [0.1, 0.15) is 40.7 Å². The molecule has 2 aromatic rings. The molecule has 6 heteroatoms. The van der Waals surface area contributed by atoms with Crippen LogP contribution in [-0.2, 0) is 4.79 Å². The molecular formula is C25H34N4O2. The van der Waals surface area contributed by atoms with Crippen LogP contribution in [0.5, 0.6) is 0 Å². The number of rotatable bonds is 5. The summed E-state index contributed by atoms with van der Waals surface area (Å²) in [5, 5.41) is 9.06. The van der Waals surface area contributed by atoms with Gasteiger partial charge in [-0.05, 0) is 81.8 Å². The van der Waals surface area contributed by atoms with Crippen molar-refractivity contribution < 1.29 is 9.59 Å². The number of hydrogen-bond donors (Lipinski definition) is 3. The van der Waals surface area contributed by atoms with Crippen LogP contribution in [0.25, 0.3) is 0 Å². The summed E-state index contributed by atoms with van der Waals surface area (Å²) < 4.78 is 0. The molecule has 3 N–H and O–H groups in total. The van der Waals surface area contributed by atoms with Crippen LogP contribution in [0.15, 0.2) is 30.3 Å². The summed E-state index contributed by atoms with van der Waals surface area (Å²) in [6, 6.07) is 10.1. The molecule has 3 amide bonds. The van der Waals surface area contributed by atoms with Crippen LogP contribution in [-0.4, -0.2) is 42.5 Å². The second kappa shape index (κ2) is 9.96. The lowest BCUT2D eigenvalue weighted by Gasteiger charge is -2.32. The molecule has 166 valence electrons. The van der Waals surface area contributed by atoms with E-state index in [4.69, 9.17) is 0 Å². The first-order valence-electron chi connectivity index (χ1n) is 11.0. The van der Waals surface area contributed by atoms with E-state index in [2.05, 4.69) is 46.0 Å². The van der Waals surface area contributed by atoms with E-state index in [1.807, 2.05) is 39.8 Å². The molecule has 0 atom stereocenters. The molecule has 1 aliphatic heterocycles. The average molecular weight is 423 g/mol. The zero-order chi connectivity index (χ0) is 22.5. The predicted octanol–water partition coefficient (Wildman–Crippen LogP) is 4.45. The van der Waals surface area contributed by atoms with E-state index in [0.717, 1.165) is 59.6 Å². The van der Waals surface area contributed by atoms with Crippen molar-refractivity contribution >= 4 is 23.3 Å². The quantitative estimate of drug-likeness (QED) is 0.666. The number of nitrogens with one attached hydrogen (secondary N) is 3. The molecule has 1 saturated heterocycles. The number of hydrogen-bond acceptors (Lipinski definition) is 3. The number of carbonyl (C=O) groups is 2. The lowest BCUT2D eigenvalue weighted by atomic mass is 10.0. The van der Waals surface area contributed by atoms with Crippen molar-refractivity contribution in [2.75, 3.05) is 30.3 Å². The molecule has 31 heavy (non-hydrogen) atoms. The number of urea groups is 1. The van der Waals surface area contributed by atoms with Gasteiger partial charge in [0.25, 0.3) is 0 Å². The maximum Gasteiger partial charge on any atom is 0.319 e. The lowest BCUT2D eigenvalue weighted by Crippen LogP contribution is -2.47. The molecule has 0 spiro atoms. The maximum atomic E-state index is 12.6.